The number of hydrogen-bond acceptors (Lipinski definition) is 11. The van der Waals surface area contributed by atoms with Gasteiger partial charge in [0.25, 0.3) is 0 Å². The van der Waals surface area contributed by atoms with E-state index in [0.717, 1.165) is 28.0 Å². The number of nitrogens with one attached hydrogen (secondary N) is 1. The Morgan fingerprint density at radius 2 is 1.17 bits per heavy atom. The summed E-state index contributed by atoms with van der Waals surface area (Å²) in [5.74, 6) is -4.38. The zero-order valence-electron chi connectivity index (χ0n) is 32.5. The van der Waals surface area contributed by atoms with Crippen LogP contribution in [0.15, 0.2) is 120 Å². The average molecular weight is 888 g/mol. The first-order valence-corrected chi connectivity index (χ1v) is 20.9. The number of aromatic nitrogens is 2. The van der Waals surface area contributed by atoms with Crippen molar-refractivity contribution in [1.29, 1.82) is 0 Å². The second-order valence-electron chi connectivity index (χ2n) is 13.2. The van der Waals surface area contributed by atoms with E-state index in [1.807, 2.05) is 90.3 Å². The van der Waals surface area contributed by atoms with Gasteiger partial charge in [-0.2, -0.15) is 0 Å². The molecule has 0 aliphatic carbocycles. The lowest BCUT2D eigenvalue weighted by Crippen LogP contribution is -2.41. The monoisotopic (exact) mass is 886 g/mol. The van der Waals surface area contributed by atoms with Crippen molar-refractivity contribution < 1.29 is 38.6 Å². The molecular formula is C44H40Cl2N4O8S2. The Bertz CT molecular complexity index is 2390. The fourth-order valence-corrected chi connectivity index (χ4v) is 7.97. The van der Waals surface area contributed by atoms with Crippen LogP contribution in [0.4, 0.5) is 10.3 Å². The van der Waals surface area contributed by atoms with Crippen molar-refractivity contribution in [3.8, 4) is 22.5 Å². The van der Waals surface area contributed by atoms with E-state index in [4.69, 9.17) is 32.7 Å². The van der Waals surface area contributed by atoms with Gasteiger partial charge in [-0.3, -0.25) is 28.9 Å². The van der Waals surface area contributed by atoms with Crippen molar-refractivity contribution >= 4 is 85.9 Å². The van der Waals surface area contributed by atoms with E-state index in [-0.39, 0.29) is 36.8 Å². The number of esters is 2. The number of aliphatic carboxylic acids is 1. The van der Waals surface area contributed by atoms with Gasteiger partial charge in [-0.05, 0) is 36.1 Å². The topological polar surface area (TPSA) is 165 Å². The number of methoxy groups -OCH3 is 2. The molecule has 6 aromatic rings. The second kappa shape index (κ2) is 22.4. The summed E-state index contributed by atoms with van der Waals surface area (Å²) in [6.45, 7) is -0.379. The van der Waals surface area contributed by atoms with E-state index in [2.05, 4.69) is 15.3 Å². The smallest absolute Gasteiger partial charge is 0.325 e. The molecule has 4 aromatic carbocycles. The zero-order valence-corrected chi connectivity index (χ0v) is 35.6. The van der Waals surface area contributed by atoms with Gasteiger partial charge in [0.2, 0.25) is 11.8 Å². The van der Waals surface area contributed by atoms with Crippen LogP contribution >= 0.6 is 45.9 Å². The summed E-state index contributed by atoms with van der Waals surface area (Å²) in [6.07, 6.45) is 0.269. The number of amides is 2. The molecule has 16 heteroatoms. The third-order valence-electron chi connectivity index (χ3n) is 8.97. The van der Waals surface area contributed by atoms with E-state index in [9.17, 15) is 29.1 Å². The van der Waals surface area contributed by atoms with Crippen molar-refractivity contribution in [3.05, 3.63) is 141 Å². The first-order chi connectivity index (χ1) is 28.9. The molecule has 0 unspecified atom stereocenters. The van der Waals surface area contributed by atoms with Gasteiger partial charge in [0, 0.05) is 31.9 Å². The number of nitrogens with zero attached hydrogens (tertiary/aromatic N) is 3. The Morgan fingerprint density at radius 1 is 0.667 bits per heavy atom. The molecule has 60 heavy (non-hydrogen) atoms. The van der Waals surface area contributed by atoms with E-state index < -0.39 is 35.7 Å². The Labute approximate surface area is 364 Å². The van der Waals surface area contributed by atoms with Gasteiger partial charge in [0.05, 0.1) is 50.3 Å². The number of carboxylic acid groups (broad SMARTS) is 1. The van der Waals surface area contributed by atoms with Gasteiger partial charge in [-0.1, -0.05) is 120 Å². The number of carboxylic acids is 1. The Morgan fingerprint density at radius 3 is 1.70 bits per heavy atom. The molecule has 0 fully saturated rings. The van der Waals surface area contributed by atoms with Crippen molar-refractivity contribution in [2.75, 3.05) is 31.0 Å². The van der Waals surface area contributed by atoms with Crippen LogP contribution in [0.5, 0.6) is 0 Å². The molecule has 2 aromatic heterocycles. The molecule has 2 N–H and O–H groups in total. The van der Waals surface area contributed by atoms with Crippen LogP contribution in [0.1, 0.15) is 24.0 Å². The number of hydrogen-bond donors (Lipinski definition) is 2. The molecule has 6 rings (SSSR count). The number of rotatable bonds is 16. The quantitative estimate of drug-likeness (QED) is 0.0896. The molecule has 0 saturated carbocycles. The Balaban J connectivity index is 0.000000230. The van der Waals surface area contributed by atoms with E-state index in [1.54, 1.807) is 29.6 Å². The Hall–Kier alpha value is -5.93. The van der Waals surface area contributed by atoms with Crippen LogP contribution in [0.3, 0.4) is 0 Å². The minimum atomic E-state index is -1.10. The zero-order chi connectivity index (χ0) is 43.0. The number of halogens is 2. The molecule has 2 atom stereocenters. The molecule has 0 bridgehead atoms. The van der Waals surface area contributed by atoms with E-state index in [0.29, 0.717) is 38.5 Å². The summed E-state index contributed by atoms with van der Waals surface area (Å²) in [5.41, 5.74) is 4.53. The highest BCUT2D eigenvalue weighted by molar-refractivity contribution is 7.14. The lowest BCUT2D eigenvalue weighted by atomic mass is 9.95. The Kier molecular flexibility index (Phi) is 16.9. The molecule has 0 spiro atoms. The predicted octanol–water partition coefficient (Wildman–Crippen LogP) is 9.13. The SMILES string of the molecule is COC(=O)CN(C(=O)[C@@H](CC(=O)O)Cc1ccccc1)c1nc(-c2ccccc2Cl)cs1.COC(=O)C[C@@H](Cc1ccccc1)C(=O)Nc1nc(-c2ccccc2Cl)cs1. The van der Waals surface area contributed by atoms with Gasteiger partial charge in [-0.15, -0.1) is 22.7 Å². The number of carbonyl (C=O) groups is 5. The van der Waals surface area contributed by atoms with Crippen molar-refractivity contribution in [2.24, 2.45) is 11.8 Å². The predicted molar refractivity (Wildman–Crippen MR) is 234 cm³/mol. The van der Waals surface area contributed by atoms with Gasteiger partial charge in [-0.25, -0.2) is 9.97 Å². The molecule has 310 valence electrons. The van der Waals surface area contributed by atoms with Gasteiger partial charge in [0.1, 0.15) is 6.54 Å². The largest absolute Gasteiger partial charge is 0.481 e. The summed E-state index contributed by atoms with van der Waals surface area (Å²) in [5, 5.41) is 17.6. The molecule has 12 nitrogen and oxygen atoms in total. The molecule has 0 radical (unpaired) electrons. The maximum absolute atomic E-state index is 13.4. The minimum Gasteiger partial charge on any atom is -0.481 e. The second-order valence-corrected chi connectivity index (χ2v) is 15.7. The minimum absolute atomic E-state index is 0.0000264. The van der Waals surface area contributed by atoms with Gasteiger partial charge >= 0.3 is 17.9 Å². The number of ether oxygens (including phenoxy) is 2. The third-order valence-corrected chi connectivity index (χ3v) is 11.2. The summed E-state index contributed by atoms with van der Waals surface area (Å²) in [7, 11) is 2.54. The highest BCUT2D eigenvalue weighted by atomic mass is 35.5. The fraction of sp³-hybridized carbons (Fsp3) is 0.205. The van der Waals surface area contributed by atoms with Gasteiger partial charge < -0.3 is 19.9 Å². The van der Waals surface area contributed by atoms with Crippen LogP contribution < -0.4 is 10.2 Å². The average Bonchev–Trinajstić information content (AvgIpc) is 3.93. The molecule has 2 heterocycles. The lowest BCUT2D eigenvalue weighted by molar-refractivity contribution is -0.143. The van der Waals surface area contributed by atoms with Crippen LogP contribution in [0, 0.1) is 11.8 Å². The summed E-state index contributed by atoms with van der Waals surface area (Å²) >= 11 is 14.9. The highest BCUT2D eigenvalue weighted by Crippen LogP contribution is 2.33. The van der Waals surface area contributed by atoms with Crippen molar-refractivity contribution in [1.82, 2.24) is 9.97 Å². The van der Waals surface area contributed by atoms with Crippen molar-refractivity contribution in [2.45, 2.75) is 25.7 Å². The number of carbonyl (C=O) groups excluding carboxylic acids is 4. The first-order valence-electron chi connectivity index (χ1n) is 18.4. The van der Waals surface area contributed by atoms with Crippen LogP contribution in [-0.2, 0) is 46.3 Å². The van der Waals surface area contributed by atoms with Crippen LogP contribution in [0.25, 0.3) is 22.5 Å². The molecule has 0 saturated heterocycles. The van der Waals surface area contributed by atoms with Crippen LogP contribution in [0.2, 0.25) is 10.0 Å². The number of benzene rings is 4. The lowest BCUT2D eigenvalue weighted by Gasteiger charge is -2.24. The molecule has 0 aliphatic heterocycles. The van der Waals surface area contributed by atoms with E-state index >= 15 is 0 Å². The van der Waals surface area contributed by atoms with Crippen molar-refractivity contribution in [3.63, 3.8) is 0 Å². The maximum atomic E-state index is 13.4. The number of thiazole rings is 2. The maximum Gasteiger partial charge on any atom is 0.325 e. The standard InChI is InChI=1S/C23H21ClN2O5S.C21H19ClN2O3S/c1-31-21(29)13-26(23-25-19(14-32-23)17-9-5-6-10-18(17)24)22(30)16(12-20(27)28)11-15-7-3-2-4-8-15;1-27-19(25)12-15(11-14-7-3-2-4-8-14)20(26)24-21-23-18(13-28-21)16-9-5-6-10-17(16)22/h2-10,14,16H,11-13H2,1H3,(H,27,28);2-10,13,15H,11-12H2,1H3,(H,23,24,26)/t16-;15-/m11/s1. The first kappa shape index (κ1) is 45.2. The third kappa shape index (κ3) is 13.0. The van der Waals surface area contributed by atoms with Gasteiger partial charge in [0.15, 0.2) is 10.3 Å². The van der Waals surface area contributed by atoms with E-state index in [1.165, 1.54) is 30.5 Å². The molecular weight excluding hydrogens is 848 g/mol. The number of anilines is 2. The molecule has 2 amide bonds. The van der Waals surface area contributed by atoms with Crippen LogP contribution in [-0.4, -0.2) is 65.6 Å². The summed E-state index contributed by atoms with van der Waals surface area (Å²) < 4.78 is 9.50. The molecule has 0 aliphatic rings. The fourth-order valence-electron chi connectivity index (χ4n) is 5.96. The summed E-state index contributed by atoms with van der Waals surface area (Å²) in [4.78, 5) is 71.7. The summed E-state index contributed by atoms with van der Waals surface area (Å²) in [6, 6.07) is 33.2. The highest BCUT2D eigenvalue weighted by Gasteiger charge is 2.31. The normalized spacial score (nSPS) is 11.6.